The van der Waals surface area contributed by atoms with Gasteiger partial charge in [0.1, 0.15) is 11.5 Å². The summed E-state index contributed by atoms with van der Waals surface area (Å²) in [4.78, 5) is 0. The minimum absolute atomic E-state index is 0.823. The van der Waals surface area contributed by atoms with Crippen molar-refractivity contribution in [3.63, 3.8) is 0 Å². The molecule has 0 amide bonds. The van der Waals surface area contributed by atoms with Gasteiger partial charge < -0.3 is 9.47 Å². The third-order valence-electron chi connectivity index (χ3n) is 2.69. The molecule has 0 aliphatic heterocycles. The molecule has 0 aliphatic rings. The molecule has 0 aromatic heterocycles. The van der Waals surface area contributed by atoms with E-state index >= 15 is 0 Å². The molecule has 2 aromatic carbocycles. The first-order chi connectivity index (χ1) is 8.83. The Morgan fingerprint density at radius 2 is 1.61 bits per heavy atom. The first-order valence-electron chi connectivity index (χ1n) is 5.78. The highest BCUT2D eigenvalue weighted by molar-refractivity contribution is 5.73. The van der Waals surface area contributed by atoms with Crippen LogP contribution in [0.15, 0.2) is 48.5 Å². The molecule has 0 bridgehead atoms. The van der Waals surface area contributed by atoms with Gasteiger partial charge in [-0.1, -0.05) is 42.5 Å². The van der Waals surface area contributed by atoms with Gasteiger partial charge >= 0.3 is 0 Å². The average molecular weight is 240 g/mol. The van der Waals surface area contributed by atoms with Crippen LogP contribution in [0, 0.1) is 0 Å². The topological polar surface area (TPSA) is 18.5 Å². The first-order valence-corrected chi connectivity index (χ1v) is 5.78. The minimum atomic E-state index is 0.823. The van der Waals surface area contributed by atoms with Gasteiger partial charge in [0.25, 0.3) is 0 Å². The largest absolute Gasteiger partial charge is 0.497 e. The molecule has 0 aliphatic carbocycles. The lowest BCUT2D eigenvalue weighted by Crippen LogP contribution is -1.89. The molecular formula is C16H16O2. The molecule has 0 radical (unpaired) electrons. The van der Waals surface area contributed by atoms with Gasteiger partial charge in [0.05, 0.1) is 14.2 Å². The Kier molecular flexibility index (Phi) is 4.02. The predicted molar refractivity (Wildman–Crippen MR) is 74.9 cm³/mol. The molecule has 2 nitrogen and oxygen atoms in total. The molecule has 0 spiro atoms. The molecule has 0 unspecified atom stereocenters. The summed E-state index contributed by atoms with van der Waals surface area (Å²) in [6.07, 6.45) is 4.08. The average Bonchev–Trinajstić information content (AvgIpc) is 2.45. The predicted octanol–water partition coefficient (Wildman–Crippen LogP) is 3.87. The van der Waals surface area contributed by atoms with Crippen LogP contribution in [0.2, 0.25) is 0 Å². The van der Waals surface area contributed by atoms with Crippen molar-refractivity contribution in [3.05, 3.63) is 59.7 Å². The maximum atomic E-state index is 5.33. The van der Waals surface area contributed by atoms with Gasteiger partial charge in [-0.25, -0.2) is 0 Å². The van der Waals surface area contributed by atoms with E-state index in [4.69, 9.17) is 9.47 Å². The summed E-state index contributed by atoms with van der Waals surface area (Å²) in [5.41, 5.74) is 2.16. The van der Waals surface area contributed by atoms with E-state index in [0.29, 0.717) is 0 Å². The lowest BCUT2D eigenvalue weighted by Gasteiger charge is -2.07. The number of hydrogen-bond acceptors (Lipinski definition) is 2. The Labute approximate surface area is 107 Å². The van der Waals surface area contributed by atoms with Crippen LogP contribution >= 0.6 is 0 Å². The van der Waals surface area contributed by atoms with Crippen LogP contribution in [0.25, 0.3) is 12.2 Å². The number of hydrogen-bond donors (Lipinski definition) is 0. The molecule has 2 rings (SSSR count). The summed E-state index contributed by atoms with van der Waals surface area (Å²) >= 11 is 0. The smallest absolute Gasteiger partial charge is 0.126 e. The monoisotopic (exact) mass is 240 g/mol. The van der Waals surface area contributed by atoms with Crippen molar-refractivity contribution in [2.24, 2.45) is 0 Å². The third-order valence-corrected chi connectivity index (χ3v) is 2.69. The Hall–Kier alpha value is -2.22. The maximum absolute atomic E-state index is 5.33. The standard InChI is InChI=1S/C16H16O2/c1-17-15-10-11-16(18-2)14(12-15)9-8-13-6-4-3-5-7-13/h3-12H,1-2H3/b9-8+. The lowest BCUT2D eigenvalue weighted by molar-refractivity contribution is 0.402. The van der Waals surface area contributed by atoms with Crippen LogP contribution in [0.5, 0.6) is 11.5 Å². The first kappa shape index (κ1) is 12.2. The van der Waals surface area contributed by atoms with E-state index < -0.39 is 0 Å². The minimum Gasteiger partial charge on any atom is -0.497 e. The highest BCUT2D eigenvalue weighted by atomic mass is 16.5. The highest BCUT2D eigenvalue weighted by Gasteiger charge is 2.01. The van der Waals surface area contributed by atoms with E-state index in [0.717, 1.165) is 22.6 Å². The van der Waals surface area contributed by atoms with Crippen LogP contribution < -0.4 is 9.47 Å². The normalized spacial score (nSPS) is 10.6. The van der Waals surface area contributed by atoms with Crippen molar-refractivity contribution in [1.29, 1.82) is 0 Å². The Balaban J connectivity index is 2.30. The van der Waals surface area contributed by atoms with Gasteiger partial charge in [0.2, 0.25) is 0 Å². The number of ether oxygens (including phenoxy) is 2. The second kappa shape index (κ2) is 5.92. The third kappa shape index (κ3) is 2.92. The summed E-state index contributed by atoms with van der Waals surface area (Å²) in [7, 11) is 3.33. The second-order valence-corrected chi connectivity index (χ2v) is 3.85. The van der Waals surface area contributed by atoms with Crippen molar-refractivity contribution in [1.82, 2.24) is 0 Å². The Morgan fingerprint density at radius 1 is 0.833 bits per heavy atom. The molecular weight excluding hydrogens is 224 g/mol. The van der Waals surface area contributed by atoms with E-state index in [2.05, 4.69) is 18.2 Å². The molecule has 0 saturated heterocycles. The zero-order valence-corrected chi connectivity index (χ0v) is 10.6. The van der Waals surface area contributed by atoms with Gasteiger partial charge in [-0.05, 0) is 23.8 Å². The molecule has 18 heavy (non-hydrogen) atoms. The summed E-state index contributed by atoms with van der Waals surface area (Å²) < 4.78 is 10.5. The fourth-order valence-electron chi connectivity index (χ4n) is 1.72. The van der Waals surface area contributed by atoms with Crippen molar-refractivity contribution in [2.75, 3.05) is 14.2 Å². The van der Waals surface area contributed by atoms with E-state index in [1.54, 1.807) is 14.2 Å². The fraction of sp³-hybridized carbons (Fsp3) is 0.125. The SMILES string of the molecule is COc1ccc(OC)c(/C=C/c2ccccc2)c1. The number of methoxy groups -OCH3 is 2. The molecule has 0 atom stereocenters. The summed E-state index contributed by atoms with van der Waals surface area (Å²) in [6, 6.07) is 15.9. The van der Waals surface area contributed by atoms with Crippen molar-refractivity contribution in [2.45, 2.75) is 0 Å². The van der Waals surface area contributed by atoms with Crippen LogP contribution in [0.3, 0.4) is 0 Å². The lowest BCUT2D eigenvalue weighted by atomic mass is 10.1. The maximum Gasteiger partial charge on any atom is 0.126 e. The van der Waals surface area contributed by atoms with Crippen molar-refractivity contribution >= 4 is 12.2 Å². The number of benzene rings is 2. The van der Waals surface area contributed by atoms with E-state index in [9.17, 15) is 0 Å². The molecule has 2 aromatic rings. The molecule has 0 saturated carbocycles. The highest BCUT2D eigenvalue weighted by Crippen LogP contribution is 2.25. The van der Waals surface area contributed by atoms with Gasteiger partial charge in [-0.3, -0.25) is 0 Å². The number of rotatable bonds is 4. The van der Waals surface area contributed by atoms with E-state index in [1.807, 2.05) is 42.5 Å². The van der Waals surface area contributed by atoms with Crippen LogP contribution in [-0.2, 0) is 0 Å². The molecule has 0 heterocycles. The van der Waals surface area contributed by atoms with Crippen LogP contribution in [-0.4, -0.2) is 14.2 Å². The Morgan fingerprint density at radius 3 is 2.28 bits per heavy atom. The summed E-state index contributed by atoms with van der Waals surface area (Å²) in [6.45, 7) is 0. The van der Waals surface area contributed by atoms with Crippen LogP contribution in [0.4, 0.5) is 0 Å². The van der Waals surface area contributed by atoms with E-state index in [1.165, 1.54) is 0 Å². The quantitative estimate of drug-likeness (QED) is 0.755. The van der Waals surface area contributed by atoms with Gasteiger partial charge in [-0.2, -0.15) is 0 Å². The molecule has 0 N–H and O–H groups in total. The zero-order valence-electron chi connectivity index (χ0n) is 10.6. The zero-order chi connectivity index (χ0) is 12.8. The second-order valence-electron chi connectivity index (χ2n) is 3.85. The fourth-order valence-corrected chi connectivity index (χ4v) is 1.72. The summed E-state index contributed by atoms with van der Waals surface area (Å²) in [5.74, 6) is 1.66. The molecule has 0 fully saturated rings. The van der Waals surface area contributed by atoms with E-state index in [-0.39, 0.29) is 0 Å². The van der Waals surface area contributed by atoms with Crippen LogP contribution in [0.1, 0.15) is 11.1 Å². The van der Waals surface area contributed by atoms with Gasteiger partial charge in [0, 0.05) is 5.56 Å². The Bertz CT molecular complexity index is 530. The van der Waals surface area contributed by atoms with Gasteiger partial charge in [-0.15, -0.1) is 0 Å². The van der Waals surface area contributed by atoms with Crippen molar-refractivity contribution in [3.8, 4) is 11.5 Å². The molecule has 2 heteroatoms. The summed E-state index contributed by atoms with van der Waals surface area (Å²) in [5, 5.41) is 0. The van der Waals surface area contributed by atoms with Crippen molar-refractivity contribution < 1.29 is 9.47 Å². The molecule has 92 valence electrons. The van der Waals surface area contributed by atoms with Gasteiger partial charge in [0.15, 0.2) is 0 Å².